The number of aliphatic hydroxyl groups excluding tert-OH is 2. The number of hydrogen-bond donors (Lipinski definition) is 2. The van der Waals surface area contributed by atoms with E-state index in [-0.39, 0.29) is 5.88 Å². The normalized spacial score (nSPS) is 14.4. The lowest BCUT2D eigenvalue weighted by atomic mass is 10.1. The molecule has 3 nitrogen and oxygen atoms in total. The first-order valence-corrected chi connectivity index (χ1v) is 6.37. The summed E-state index contributed by atoms with van der Waals surface area (Å²) in [5, 5.41) is 19.1. The van der Waals surface area contributed by atoms with Gasteiger partial charge in [-0.2, -0.15) is 0 Å². The molecular weight excluding hydrogens is 240 g/mol. The van der Waals surface area contributed by atoms with Crippen molar-refractivity contribution in [2.24, 2.45) is 0 Å². The lowest BCUT2D eigenvalue weighted by Crippen LogP contribution is -2.19. The minimum Gasteiger partial charge on any atom is -0.494 e. The van der Waals surface area contributed by atoms with Crippen LogP contribution in [0.25, 0.3) is 0 Å². The zero-order chi connectivity index (χ0) is 12.7. The Kier molecular flexibility index (Phi) is 6.34. The number of halogens is 1. The lowest BCUT2D eigenvalue weighted by Gasteiger charge is -2.16. The van der Waals surface area contributed by atoms with Gasteiger partial charge < -0.3 is 14.9 Å². The van der Waals surface area contributed by atoms with Crippen LogP contribution in [-0.2, 0) is 0 Å². The van der Waals surface area contributed by atoms with Crippen molar-refractivity contribution in [1.82, 2.24) is 0 Å². The van der Waals surface area contributed by atoms with Crippen molar-refractivity contribution in [3.8, 4) is 5.75 Å². The van der Waals surface area contributed by atoms with E-state index in [0.29, 0.717) is 12.2 Å². The molecule has 4 heteroatoms. The molecule has 0 saturated heterocycles. The maximum absolute atomic E-state index is 9.72. The fraction of sp³-hybridized carbons (Fsp3) is 0.538. The van der Waals surface area contributed by atoms with E-state index < -0.39 is 12.2 Å². The van der Waals surface area contributed by atoms with Crippen LogP contribution in [0.15, 0.2) is 24.3 Å². The van der Waals surface area contributed by atoms with Gasteiger partial charge in [-0.1, -0.05) is 25.5 Å². The number of ether oxygens (including phenoxy) is 1. The first-order chi connectivity index (χ1) is 8.19. The predicted octanol–water partition coefficient (Wildman–Crippen LogP) is 2.50. The largest absolute Gasteiger partial charge is 0.494 e. The standard InChI is InChI=1S/C13H19ClO3/c1-2-3-8-17-11-6-4-10(5-7-11)13(16)12(15)9-14/h4-7,12-13,15-16H,2-3,8-9H2,1H3. The second kappa shape index (κ2) is 7.54. The van der Waals surface area contributed by atoms with Gasteiger partial charge in [0.15, 0.2) is 0 Å². The molecule has 0 aliphatic carbocycles. The van der Waals surface area contributed by atoms with Gasteiger partial charge in [-0.05, 0) is 24.1 Å². The molecule has 1 rings (SSSR count). The molecule has 2 atom stereocenters. The molecule has 0 amide bonds. The molecule has 0 saturated carbocycles. The molecular formula is C13H19ClO3. The van der Waals surface area contributed by atoms with Gasteiger partial charge in [-0.3, -0.25) is 0 Å². The lowest BCUT2D eigenvalue weighted by molar-refractivity contribution is 0.0327. The molecule has 0 aliphatic rings. The van der Waals surface area contributed by atoms with Crippen LogP contribution < -0.4 is 4.74 Å². The van der Waals surface area contributed by atoms with Crippen LogP contribution in [0.1, 0.15) is 31.4 Å². The van der Waals surface area contributed by atoms with E-state index in [4.69, 9.17) is 16.3 Å². The van der Waals surface area contributed by atoms with Gasteiger partial charge in [0, 0.05) is 0 Å². The van der Waals surface area contributed by atoms with Crippen LogP contribution in [0.5, 0.6) is 5.75 Å². The predicted molar refractivity (Wildman–Crippen MR) is 68.5 cm³/mol. The average molecular weight is 259 g/mol. The zero-order valence-corrected chi connectivity index (χ0v) is 10.7. The van der Waals surface area contributed by atoms with E-state index in [1.807, 2.05) is 0 Å². The van der Waals surface area contributed by atoms with Crippen LogP contribution in [0.2, 0.25) is 0 Å². The Bertz CT molecular complexity index is 313. The third kappa shape index (κ3) is 4.54. The Morgan fingerprint density at radius 1 is 1.24 bits per heavy atom. The molecule has 0 radical (unpaired) electrons. The van der Waals surface area contributed by atoms with Gasteiger partial charge in [0.05, 0.1) is 18.6 Å². The first-order valence-electron chi connectivity index (χ1n) is 5.84. The monoisotopic (exact) mass is 258 g/mol. The van der Waals surface area contributed by atoms with Gasteiger partial charge in [0.1, 0.15) is 11.9 Å². The number of hydrogen-bond acceptors (Lipinski definition) is 3. The summed E-state index contributed by atoms with van der Waals surface area (Å²) in [4.78, 5) is 0. The summed E-state index contributed by atoms with van der Waals surface area (Å²) in [6.07, 6.45) is 0.231. The molecule has 0 aliphatic heterocycles. The number of rotatable bonds is 7. The third-order valence-corrected chi connectivity index (χ3v) is 2.83. The van der Waals surface area contributed by atoms with E-state index in [1.54, 1.807) is 24.3 Å². The minimum absolute atomic E-state index is 0.00984. The topological polar surface area (TPSA) is 49.7 Å². The molecule has 17 heavy (non-hydrogen) atoms. The van der Waals surface area contributed by atoms with Gasteiger partial charge in [0.2, 0.25) is 0 Å². The van der Waals surface area contributed by atoms with Gasteiger partial charge in [0.25, 0.3) is 0 Å². The van der Waals surface area contributed by atoms with Gasteiger partial charge in [-0.25, -0.2) is 0 Å². The minimum atomic E-state index is -0.947. The molecule has 96 valence electrons. The van der Waals surface area contributed by atoms with E-state index in [9.17, 15) is 10.2 Å². The van der Waals surface area contributed by atoms with Crippen molar-refractivity contribution >= 4 is 11.6 Å². The maximum Gasteiger partial charge on any atom is 0.119 e. The van der Waals surface area contributed by atoms with Crippen LogP contribution >= 0.6 is 11.6 Å². The Morgan fingerprint density at radius 2 is 1.88 bits per heavy atom. The summed E-state index contributed by atoms with van der Waals surface area (Å²) in [5.41, 5.74) is 0.640. The van der Waals surface area contributed by atoms with Crippen LogP contribution in [0.3, 0.4) is 0 Å². The summed E-state index contributed by atoms with van der Waals surface area (Å²) in [7, 11) is 0. The molecule has 0 aromatic heterocycles. The number of aliphatic hydroxyl groups is 2. The van der Waals surface area contributed by atoms with Crippen molar-refractivity contribution < 1.29 is 14.9 Å². The Balaban J connectivity index is 2.55. The Hall–Kier alpha value is -0.770. The van der Waals surface area contributed by atoms with Crippen molar-refractivity contribution in [2.75, 3.05) is 12.5 Å². The fourth-order valence-electron chi connectivity index (χ4n) is 1.40. The van der Waals surface area contributed by atoms with E-state index in [1.165, 1.54) is 0 Å². The molecule has 1 aromatic carbocycles. The van der Waals surface area contributed by atoms with E-state index in [2.05, 4.69) is 6.92 Å². The van der Waals surface area contributed by atoms with Crippen molar-refractivity contribution in [3.05, 3.63) is 29.8 Å². The third-order valence-electron chi connectivity index (χ3n) is 2.51. The summed E-state index contributed by atoms with van der Waals surface area (Å²) in [5.74, 6) is 0.783. The highest BCUT2D eigenvalue weighted by atomic mass is 35.5. The molecule has 0 spiro atoms. The van der Waals surface area contributed by atoms with Gasteiger partial charge in [-0.15, -0.1) is 11.6 Å². The highest BCUT2D eigenvalue weighted by Gasteiger charge is 2.16. The highest BCUT2D eigenvalue weighted by Crippen LogP contribution is 2.21. The number of benzene rings is 1. The molecule has 2 N–H and O–H groups in total. The van der Waals surface area contributed by atoms with Crippen molar-refractivity contribution in [2.45, 2.75) is 32.0 Å². The molecule has 1 aromatic rings. The zero-order valence-electron chi connectivity index (χ0n) is 9.97. The number of unbranched alkanes of at least 4 members (excludes halogenated alkanes) is 1. The van der Waals surface area contributed by atoms with E-state index in [0.717, 1.165) is 18.6 Å². The van der Waals surface area contributed by atoms with Crippen LogP contribution in [0.4, 0.5) is 0 Å². The molecule has 0 bridgehead atoms. The van der Waals surface area contributed by atoms with Crippen molar-refractivity contribution in [1.29, 1.82) is 0 Å². The molecule has 2 unspecified atom stereocenters. The smallest absolute Gasteiger partial charge is 0.119 e. The van der Waals surface area contributed by atoms with Crippen molar-refractivity contribution in [3.63, 3.8) is 0 Å². The molecule has 0 heterocycles. The van der Waals surface area contributed by atoms with Crippen LogP contribution in [-0.4, -0.2) is 28.8 Å². The summed E-state index contributed by atoms with van der Waals surface area (Å²) >= 11 is 5.48. The summed E-state index contributed by atoms with van der Waals surface area (Å²) in [6.45, 7) is 2.80. The summed E-state index contributed by atoms with van der Waals surface area (Å²) in [6, 6.07) is 7.05. The Morgan fingerprint density at radius 3 is 2.41 bits per heavy atom. The second-order valence-corrected chi connectivity index (χ2v) is 4.25. The quantitative estimate of drug-likeness (QED) is 0.584. The van der Waals surface area contributed by atoms with Gasteiger partial charge >= 0.3 is 0 Å². The average Bonchev–Trinajstić information content (AvgIpc) is 2.38. The second-order valence-electron chi connectivity index (χ2n) is 3.94. The SMILES string of the molecule is CCCCOc1ccc(C(O)C(O)CCl)cc1. The summed E-state index contributed by atoms with van der Waals surface area (Å²) < 4.78 is 5.50. The van der Waals surface area contributed by atoms with E-state index >= 15 is 0 Å². The fourth-order valence-corrected chi connectivity index (χ4v) is 1.57. The Labute approximate surface area is 107 Å². The maximum atomic E-state index is 9.72. The first kappa shape index (κ1) is 14.3. The highest BCUT2D eigenvalue weighted by molar-refractivity contribution is 6.18. The number of alkyl halides is 1. The molecule has 0 fully saturated rings. The van der Waals surface area contributed by atoms with Crippen LogP contribution in [0, 0.1) is 0 Å².